The molecule has 1 aliphatic carbocycles. The molecule has 0 bridgehead atoms. The minimum absolute atomic E-state index is 0.232. The molecular formula is C17H24BrFO. The fourth-order valence-electron chi connectivity index (χ4n) is 3.37. The molecule has 1 aliphatic rings. The van der Waals surface area contributed by atoms with E-state index in [0.717, 1.165) is 41.6 Å². The molecule has 0 heterocycles. The van der Waals surface area contributed by atoms with Crippen LogP contribution in [0.5, 0.6) is 0 Å². The molecule has 1 nitrogen and oxygen atoms in total. The molecule has 1 aromatic rings. The first-order valence-corrected chi connectivity index (χ1v) is 8.48. The second-order valence-corrected chi connectivity index (χ2v) is 7.08. The lowest BCUT2D eigenvalue weighted by atomic mass is 9.86. The Morgan fingerprint density at radius 1 is 1.35 bits per heavy atom. The van der Waals surface area contributed by atoms with Crippen molar-refractivity contribution < 1.29 is 9.50 Å². The van der Waals surface area contributed by atoms with Crippen molar-refractivity contribution in [2.24, 2.45) is 5.92 Å². The third kappa shape index (κ3) is 4.29. The van der Waals surface area contributed by atoms with Crippen molar-refractivity contribution in [2.75, 3.05) is 0 Å². The highest BCUT2D eigenvalue weighted by Crippen LogP contribution is 2.36. The molecule has 0 spiro atoms. The largest absolute Gasteiger partial charge is 0.390 e. The monoisotopic (exact) mass is 342 g/mol. The van der Waals surface area contributed by atoms with Gasteiger partial charge in [0.15, 0.2) is 0 Å². The molecule has 0 radical (unpaired) electrons. The van der Waals surface area contributed by atoms with Gasteiger partial charge in [0.25, 0.3) is 0 Å². The normalized spacial score (nSPS) is 27.3. The summed E-state index contributed by atoms with van der Waals surface area (Å²) in [6.45, 7) is 2.22. The van der Waals surface area contributed by atoms with Gasteiger partial charge >= 0.3 is 0 Å². The highest BCUT2D eigenvalue weighted by Gasteiger charge is 2.31. The molecule has 1 fully saturated rings. The molecule has 20 heavy (non-hydrogen) atoms. The first-order chi connectivity index (χ1) is 9.52. The van der Waals surface area contributed by atoms with Crippen LogP contribution in [0.4, 0.5) is 4.39 Å². The van der Waals surface area contributed by atoms with Gasteiger partial charge in [-0.1, -0.05) is 48.5 Å². The van der Waals surface area contributed by atoms with Crippen LogP contribution in [0, 0.1) is 11.7 Å². The fraction of sp³-hybridized carbons (Fsp3) is 0.647. The molecular weight excluding hydrogens is 319 g/mol. The molecule has 0 saturated heterocycles. The standard InChI is InChI=1S/C17H24BrFO/c1-2-4-13-5-3-9-17(20,10-8-13)12-14-11-15(19)6-7-16(14)18/h6-7,11,13,20H,2-5,8-10,12H2,1H3. The molecule has 2 atom stereocenters. The molecule has 1 N–H and O–H groups in total. The van der Waals surface area contributed by atoms with E-state index in [1.54, 1.807) is 6.07 Å². The molecule has 0 aromatic heterocycles. The Bertz CT molecular complexity index is 449. The van der Waals surface area contributed by atoms with Crippen molar-refractivity contribution >= 4 is 15.9 Å². The van der Waals surface area contributed by atoms with Crippen LogP contribution in [-0.4, -0.2) is 10.7 Å². The van der Waals surface area contributed by atoms with E-state index in [0.29, 0.717) is 6.42 Å². The molecule has 1 saturated carbocycles. The lowest BCUT2D eigenvalue weighted by Crippen LogP contribution is -2.31. The van der Waals surface area contributed by atoms with Gasteiger partial charge in [0, 0.05) is 10.9 Å². The summed E-state index contributed by atoms with van der Waals surface area (Å²) in [5, 5.41) is 10.9. The van der Waals surface area contributed by atoms with Gasteiger partial charge in [-0.05, 0) is 48.9 Å². The van der Waals surface area contributed by atoms with Crippen LogP contribution in [0.2, 0.25) is 0 Å². The van der Waals surface area contributed by atoms with E-state index >= 15 is 0 Å². The van der Waals surface area contributed by atoms with Crippen LogP contribution in [0.15, 0.2) is 22.7 Å². The minimum Gasteiger partial charge on any atom is -0.390 e. The Kier molecular flexibility index (Phi) is 5.62. The zero-order valence-corrected chi connectivity index (χ0v) is 13.8. The smallest absolute Gasteiger partial charge is 0.123 e. The molecule has 0 amide bonds. The van der Waals surface area contributed by atoms with Crippen molar-refractivity contribution in [1.82, 2.24) is 0 Å². The van der Waals surface area contributed by atoms with Gasteiger partial charge in [-0.15, -0.1) is 0 Å². The van der Waals surface area contributed by atoms with E-state index < -0.39 is 5.60 Å². The van der Waals surface area contributed by atoms with E-state index in [1.807, 2.05) is 0 Å². The van der Waals surface area contributed by atoms with Gasteiger partial charge in [-0.25, -0.2) is 4.39 Å². The minimum atomic E-state index is -0.668. The first-order valence-electron chi connectivity index (χ1n) is 7.69. The zero-order valence-electron chi connectivity index (χ0n) is 12.2. The maximum absolute atomic E-state index is 13.4. The second-order valence-electron chi connectivity index (χ2n) is 6.22. The molecule has 112 valence electrons. The Balaban J connectivity index is 2.05. The Labute approximate surface area is 129 Å². The maximum Gasteiger partial charge on any atom is 0.123 e. The third-order valence-electron chi connectivity index (χ3n) is 4.50. The van der Waals surface area contributed by atoms with E-state index in [-0.39, 0.29) is 5.82 Å². The number of hydrogen-bond donors (Lipinski definition) is 1. The number of hydrogen-bond acceptors (Lipinski definition) is 1. The van der Waals surface area contributed by atoms with Crippen molar-refractivity contribution in [1.29, 1.82) is 0 Å². The summed E-state index contributed by atoms with van der Waals surface area (Å²) in [4.78, 5) is 0. The summed E-state index contributed by atoms with van der Waals surface area (Å²) in [7, 11) is 0. The van der Waals surface area contributed by atoms with Crippen LogP contribution in [0.3, 0.4) is 0 Å². The number of halogens is 2. The Morgan fingerprint density at radius 2 is 2.15 bits per heavy atom. The van der Waals surface area contributed by atoms with Crippen LogP contribution in [-0.2, 0) is 6.42 Å². The maximum atomic E-state index is 13.4. The summed E-state index contributed by atoms with van der Waals surface area (Å²) < 4.78 is 14.3. The van der Waals surface area contributed by atoms with Gasteiger partial charge in [-0.3, -0.25) is 0 Å². The van der Waals surface area contributed by atoms with Crippen LogP contribution in [0.25, 0.3) is 0 Å². The molecule has 3 heteroatoms. The van der Waals surface area contributed by atoms with Crippen molar-refractivity contribution in [3.63, 3.8) is 0 Å². The molecule has 2 rings (SSSR count). The third-order valence-corrected chi connectivity index (χ3v) is 5.27. The van der Waals surface area contributed by atoms with Crippen molar-refractivity contribution in [3.8, 4) is 0 Å². The van der Waals surface area contributed by atoms with Gasteiger partial charge in [-0.2, -0.15) is 0 Å². The average Bonchev–Trinajstić information content (AvgIpc) is 2.57. The fourth-order valence-corrected chi connectivity index (χ4v) is 3.76. The Morgan fingerprint density at radius 3 is 2.90 bits per heavy atom. The van der Waals surface area contributed by atoms with Crippen LogP contribution < -0.4 is 0 Å². The summed E-state index contributed by atoms with van der Waals surface area (Å²) >= 11 is 3.46. The van der Waals surface area contributed by atoms with Gasteiger partial charge in [0.2, 0.25) is 0 Å². The van der Waals surface area contributed by atoms with E-state index in [1.165, 1.54) is 31.4 Å². The van der Waals surface area contributed by atoms with Crippen molar-refractivity contribution in [3.05, 3.63) is 34.1 Å². The Hall–Kier alpha value is -0.410. The van der Waals surface area contributed by atoms with Gasteiger partial charge in [0.05, 0.1) is 5.60 Å². The lowest BCUT2D eigenvalue weighted by Gasteiger charge is -2.27. The van der Waals surface area contributed by atoms with Gasteiger partial charge in [0.1, 0.15) is 5.82 Å². The SMILES string of the molecule is CCCC1CCCC(O)(Cc2cc(F)ccc2Br)CC1. The zero-order chi connectivity index (χ0) is 14.6. The average molecular weight is 343 g/mol. The summed E-state index contributed by atoms with van der Waals surface area (Å²) in [6, 6.07) is 4.71. The predicted octanol–water partition coefficient (Wildman–Crippen LogP) is 5.24. The molecule has 0 aliphatic heterocycles. The number of rotatable bonds is 4. The van der Waals surface area contributed by atoms with Gasteiger partial charge < -0.3 is 5.11 Å². The molecule has 2 unspecified atom stereocenters. The predicted molar refractivity (Wildman–Crippen MR) is 84.2 cm³/mol. The van der Waals surface area contributed by atoms with E-state index in [9.17, 15) is 9.50 Å². The first kappa shape index (κ1) is 16.0. The summed E-state index contributed by atoms with van der Waals surface area (Å²) in [5.74, 6) is 0.522. The number of aliphatic hydroxyl groups is 1. The van der Waals surface area contributed by atoms with Crippen LogP contribution >= 0.6 is 15.9 Å². The highest BCUT2D eigenvalue weighted by molar-refractivity contribution is 9.10. The van der Waals surface area contributed by atoms with Crippen LogP contribution in [0.1, 0.15) is 57.4 Å². The highest BCUT2D eigenvalue weighted by atomic mass is 79.9. The lowest BCUT2D eigenvalue weighted by molar-refractivity contribution is 0.0239. The summed E-state index contributed by atoms with van der Waals surface area (Å²) in [6.07, 6.45) is 8.09. The number of benzene rings is 1. The topological polar surface area (TPSA) is 20.2 Å². The van der Waals surface area contributed by atoms with E-state index in [4.69, 9.17) is 0 Å². The molecule has 1 aromatic carbocycles. The quantitative estimate of drug-likeness (QED) is 0.741. The summed E-state index contributed by atoms with van der Waals surface area (Å²) in [5.41, 5.74) is 0.208. The van der Waals surface area contributed by atoms with Crippen molar-refractivity contribution in [2.45, 2.75) is 63.9 Å². The van der Waals surface area contributed by atoms with E-state index in [2.05, 4.69) is 22.9 Å². The second kappa shape index (κ2) is 7.04.